The molecule has 3 heteroatoms. The van der Waals surface area contributed by atoms with Crippen molar-refractivity contribution in [1.82, 2.24) is 16.0 Å². The van der Waals surface area contributed by atoms with Crippen molar-refractivity contribution >= 4 is 0 Å². The van der Waals surface area contributed by atoms with Crippen LogP contribution < -0.4 is 11.0 Å². The molecule has 2 N–H and O–H groups in total. The Morgan fingerprint density at radius 1 is 1.47 bits per heavy atom. The third-order valence-corrected chi connectivity index (χ3v) is 2.56. The summed E-state index contributed by atoms with van der Waals surface area (Å²) in [6.45, 7) is 9.32. The molecule has 15 heavy (non-hydrogen) atoms. The van der Waals surface area contributed by atoms with E-state index in [1.807, 2.05) is 0 Å². The fourth-order valence-electron chi connectivity index (χ4n) is 1.64. The Kier molecular flexibility index (Phi) is 5.26. The van der Waals surface area contributed by atoms with E-state index in [1.54, 1.807) is 0 Å². The molecule has 1 heterocycles. The number of hydrogen-bond acceptors (Lipinski definition) is 3. The Labute approximate surface area is 93.2 Å². The van der Waals surface area contributed by atoms with Crippen LogP contribution in [-0.2, 0) is 0 Å². The summed E-state index contributed by atoms with van der Waals surface area (Å²) in [7, 11) is 0. The monoisotopic (exact) mass is 209 g/mol. The number of rotatable bonds is 7. The van der Waals surface area contributed by atoms with Crippen molar-refractivity contribution in [3.05, 3.63) is 24.0 Å². The van der Waals surface area contributed by atoms with Gasteiger partial charge in [0.05, 0.1) is 0 Å². The lowest BCUT2D eigenvalue weighted by Crippen LogP contribution is -2.37. The highest BCUT2D eigenvalue weighted by atomic mass is 15.7. The lowest BCUT2D eigenvalue weighted by molar-refractivity contribution is 0.240. The van der Waals surface area contributed by atoms with E-state index >= 15 is 0 Å². The second kappa shape index (κ2) is 6.51. The first-order chi connectivity index (χ1) is 7.24. The lowest BCUT2D eigenvalue weighted by atomic mass is 10.1. The topological polar surface area (TPSA) is 27.3 Å². The van der Waals surface area contributed by atoms with Gasteiger partial charge in [-0.15, -0.1) is 12.1 Å². The van der Waals surface area contributed by atoms with Gasteiger partial charge in [0.1, 0.15) is 0 Å². The van der Waals surface area contributed by atoms with Crippen molar-refractivity contribution in [2.75, 3.05) is 6.54 Å². The Bertz CT molecular complexity index is 233. The number of hydrogen-bond donors (Lipinski definition) is 2. The highest BCUT2D eigenvalue weighted by Crippen LogP contribution is 2.15. The zero-order valence-electron chi connectivity index (χ0n) is 9.97. The molecule has 1 aliphatic rings. The maximum Gasteiger partial charge on any atom is 0.0483 e. The summed E-state index contributed by atoms with van der Waals surface area (Å²) in [5, 5.41) is 2.21. The van der Waals surface area contributed by atoms with Crippen LogP contribution in [0.2, 0.25) is 0 Å². The molecule has 3 nitrogen and oxygen atoms in total. The molecule has 0 atom stereocenters. The normalized spacial score (nSPS) is 15.1. The Balaban J connectivity index is 2.23. The minimum atomic E-state index is 1.09. The zero-order chi connectivity index (χ0) is 11.1. The molecule has 86 valence electrons. The smallest absolute Gasteiger partial charge is 0.0483 e. The van der Waals surface area contributed by atoms with Gasteiger partial charge in [0.2, 0.25) is 0 Å². The highest BCUT2D eigenvalue weighted by Gasteiger charge is 2.12. The van der Waals surface area contributed by atoms with E-state index in [2.05, 4.69) is 42.6 Å². The first kappa shape index (κ1) is 12.1. The van der Waals surface area contributed by atoms with Crippen LogP contribution in [0.3, 0.4) is 0 Å². The molecule has 0 saturated heterocycles. The minimum Gasteiger partial charge on any atom is -0.309 e. The molecule has 0 aromatic rings. The van der Waals surface area contributed by atoms with Crippen molar-refractivity contribution in [1.29, 1.82) is 0 Å². The molecule has 1 aliphatic heterocycles. The largest absolute Gasteiger partial charge is 0.309 e. The van der Waals surface area contributed by atoms with Crippen molar-refractivity contribution in [3.63, 3.8) is 0 Å². The van der Waals surface area contributed by atoms with Gasteiger partial charge < -0.3 is 5.43 Å². The second-order valence-corrected chi connectivity index (χ2v) is 4.21. The van der Waals surface area contributed by atoms with Gasteiger partial charge in [0, 0.05) is 18.4 Å². The number of hydrazine groups is 2. The summed E-state index contributed by atoms with van der Waals surface area (Å²) in [5.74, 6) is 0. The zero-order valence-corrected chi connectivity index (χ0v) is 9.97. The summed E-state index contributed by atoms with van der Waals surface area (Å²) >= 11 is 0. The van der Waals surface area contributed by atoms with Crippen LogP contribution in [0.5, 0.6) is 0 Å². The van der Waals surface area contributed by atoms with Gasteiger partial charge in [0.25, 0.3) is 0 Å². The number of allylic oxidation sites excluding steroid dienone is 2. The number of unbranched alkanes of at least 4 members (excludes halogenated alkanes) is 1. The molecule has 0 spiro atoms. The van der Waals surface area contributed by atoms with Gasteiger partial charge in [0.15, 0.2) is 0 Å². The van der Waals surface area contributed by atoms with Crippen LogP contribution in [0.25, 0.3) is 0 Å². The number of nitrogens with zero attached hydrogens (tertiary/aromatic N) is 1. The van der Waals surface area contributed by atoms with Crippen molar-refractivity contribution in [3.8, 4) is 0 Å². The van der Waals surface area contributed by atoms with Gasteiger partial charge in [-0.1, -0.05) is 18.9 Å². The molecule has 0 unspecified atom stereocenters. The Morgan fingerprint density at radius 2 is 2.27 bits per heavy atom. The summed E-state index contributed by atoms with van der Waals surface area (Å²) in [6.07, 6.45) is 7.96. The van der Waals surface area contributed by atoms with E-state index in [9.17, 15) is 0 Å². The summed E-state index contributed by atoms with van der Waals surface area (Å²) in [6, 6.07) is 0. The van der Waals surface area contributed by atoms with Crippen LogP contribution in [0.1, 0.15) is 46.0 Å². The van der Waals surface area contributed by atoms with E-state index in [0.717, 1.165) is 19.4 Å². The maximum atomic E-state index is 3.92. The molecule has 0 bridgehead atoms. The standard InChI is InChI=1S/C12H23N3/c1-4-5-9-15-12(10-13-14-15)8-6-7-11(2)3/h10,13-14H,2,4-9H2,1,3H3. The second-order valence-electron chi connectivity index (χ2n) is 4.21. The highest BCUT2D eigenvalue weighted by molar-refractivity contribution is 5.03. The van der Waals surface area contributed by atoms with Crippen molar-refractivity contribution in [2.24, 2.45) is 0 Å². The van der Waals surface area contributed by atoms with Gasteiger partial charge in [-0.3, -0.25) is 5.01 Å². The molecule has 0 fully saturated rings. The molecule has 0 aromatic carbocycles. The van der Waals surface area contributed by atoms with Crippen molar-refractivity contribution < 1.29 is 0 Å². The first-order valence-corrected chi connectivity index (χ1v) is 5.86. The van der Waals surface area contributed by atoms with Gasteiger partial charge in [-0.05, 0) is 32.6 Å². The third-order valence-electron chi connectivity index (χ3n) is 2.56. The molecule has 0 amide bonds. The molecule has 0 aromatic heterocycles. The van der Waals surface area contributed by atoms with Crippen molar-refractivity contribution in [2.45, 2.75) is 46.0 Å². The fourth-order valence-corrected chi connectivity index (χ4v) is 1.64. The quantitative estimate of drug-likeness (QED) is 0.631. The minimum absolute atomic E-state index is 1.09. The third kappa shape index (κ3) is 4.38. The SMILES string of the molecule is C=C(C)CCCC1=CNNN1CCCC. The Morgan fingerprint density at radius 3 is 2.93 bits per heavy atom. The molecular formula is C12H23N3. The predicted molar refractivity (Wildman–Crippen MR) is 64.6 cm³/mol. The summed E-state index contributed by atoms with van der Waals surface area (Å²) in [5.41, 5.74) is 8.85. The van der Waals surface area contributed by atoms with E-state index in [-0.39, 0.29) is 0 Å². The fraction of sp³-hybridized carbons (Fsp3) is 0.667. The summed E-state index contributed by atoms with van der Waals surface area (Å²) < 4.78 is 0. The number of nitrogens with one attached hydrogen (secondary N) is 2. The average Bonchev–Trinajstić information content (AvgIpc) is 2.62. The van der Waals surface area contributed by atoms with E-state index in [1.165, 1.54) is 30.5 Å². The van der Waals surface area contributed by atoms with E-state index in [0.29, 0.717) is 0 Å². The average molecular weight is 209 g/mol. The molecular weight excluding hydrogens is 186 g/mol. The molecule has 0 aliphatic carbocycles. The van der Waals surface area contributed by atoms with Gasteiger partial charge in [-0.2, -0.15) is 0 Å². The van der Waals surface area contributed by atoms with Gasteiger partial charge >= 0.3 is 0 Å². The van der Waals surface area contributed by atoms with Crippen LogP contribution in [0.15, 0.2) is 24.0 Å². The van der Waals surface area contributed by atoms with E-state index < -0.39 is 0 Å². The molecule has 1 rings (SSSR count). The van der Waals surface area contributed by atoms with Crippen LogP contribution in [0.4, 0.5) is 0 Å². The molecule has 0 radical (unpaired) electrons. The van der Waals surface area contributed by atoms with E-state index in [4.69, 9.17) is 0 Å². The van der Waals surface area contributed by atoms with Crippen LogP contribution in [0, 0.1) is 0 Å². The first-order valence-electron chi connectivity index (χ1n) is 5.86. The van der Waals surface area contributed by atoms with Crippen LogP contribution in [-0.4, -0.2) is 11.6 Å². The maximum absolute atomic E-state index is 3.92. The Hall–Kier alpha value is -0.960. The summed E-state index contributed by atoms with van der Waals surface area (Å²) in [4.78, 5) is 0. The predicted octanol–water partition coefficient (Wildman–Crippen LogP) is 2.70. The van der Waals surface area contributed by atoms with Gasteiger partial charge in [-0.25, -0.2) is 0 Å². The van der Waals surface area contributed by atoms with Crippen LogP contribution >= 0.6 is 0 Å². The lowest BCUT2D eigenvalue weighted by Gasteiger charge is -2.20. The molecule has 0 saturated carbocycles.